The molecule has 1 aromatic heterocycles. The van der Waals surface area contributed by atoms with E-state index < -0.39 is 0 Å². The lowest BCUT2D eigenvalue weighted by atomic mass is 10.0. The Kier molecular flexibility index (Phi) is 3.17. The van der Waals surface area contributed by atoms with Gasteiger partial charge in [-0.3, -0.25) is 0 Å². The van der Waals surface area contributed by atoms with Gasteiger partial charge in [0.1, 0.15) is 0 Å². The van der Waals surface area contributed by atoms with E-state index in [1.165, 1.54) is 0 Å². The fraction of sp³-hybridized carbons (Fsp3) is 0.167. The van der Waals surface area contributed by atoms with Crippen LogP contribution in [0.3, 0.4) is 0 Å². The van der Waals surface area contributed by atoms with Gasteiger partial charge in [-0.1, -0.05) is 41.9 Å². The third kappa shape index (κ3) is 1.92. The first-order chi connectivity index (χ1) is 7.74. The van der Waals surface area contributed by atoms with Crippen LogP contribution in [0, 0.1) is 6.92 Å². The summed E-state index contributed by atoms with van der Waals surface area (Å²) in [6.45, 7) is 1.74. The number of halogens is 1. The van der Waals surface area contributed by atoms with Gasteiger partial charge < -0.3 is 5.11 Å². The summed E-state index contributed by atoms with van der Waals surface area (Å²) >= 11 is 5.87. The van der Waals surface area contributed by atoms with Gasteiger partial charge in [0.2, 0.25) is 0 Å². The van der Waals surface area contributed by atoms with E-state index in [0.29, 0.717) is 10.8 Å². The van der Waals surface area contributed by atoms with Gasteiger partial charge in [-0.25, -0.2) is 0 Å². The van der Waals surface area contributed by atoms with Gasteiger partial charge in [-0.05, 0) is 12.5 Å². The van der Waals surface area contributed by atoms with Crippen molar-refractivity contribution >= 4 is 11.6 Å². The summed E-state index contributed by atoms with van der Waals surface area (Å²) in [5.74, 6) is 0. The summed E-state index contributed by atoms with van der Waals surface area (Å²) in [6.07, 6.45) is 0. The summed E-state index contributed by atoms with van der Waals surface area (Å²) in [5, 5.41) is 17.6. The molecule has 0 aliphatic rings. The van der Waals surface area contributed by atoms with E-state index >= 15 is 0 Å². The molecule has 82 valence electrons. The Morgan fingerprint density at radius 1 is 1.19 bits per heavy atom. The molecule has 0 saturated carbocycles. The summed E-state index contributed by atoms with van der Waals surface area (Å²) in [6, 6.07) is 9.62. The van der Waals surface area contributed by atoms with Crippen molar-refractivity contribution in [3.8, 4) is 11.3 Å². The Bertz CT molecular complexity index is 500. The minimum atomic E-state index is -0.0920. The monoisotopic (exact) mass is 234 g/mol. The van der Waals surface area contributed by atoms with Crippen molar-refractivity contribution < 1.29 is 5.11 Å². The number of hydrogen-bond acceptors (Lipinski definition) is 3. The molecule has 0 saturated heterocycles. The highest BCUT2D eigenvalue weighted by Crippen LogP contribution is 2.26. The molecule has 0 unspecified atom stereocenters. The van der Waals surface area contributed by atoms with Crippen molar-refractivity contribution in [3.63, 3.8) is 0 Å². The van der Waals surface area contributed by atoms with E-state index in [1.807, 2.05) is 37.3 Å². The maximum Gasteiger partial charge on any atom is 0.155 e. The zero-order valence-corrected chi connectivity index (χ0v) is 9.57. The third-order valence-electron chi connectivity index (χ3n) is 2.49. The standard InChI is InChI=1S/C12H11ClN2O/c1-8-10(7-16)11(14-15-12(8)13)9-5-3-2-4-6-9/h2-6,16H,7H2,1H3. The van der Waals surface area contributed by atoms with Crippen LogP contribution >= 0.6 is 11.6 Å². The first-order valence-corrected chi connectivity index (χ1v) is 5.29. The van der Waals surface area contributed by atoms with E-state index in [4.69, 9.17) is 11.6 Å². The van der Waals surface area contributed by atoms with Gasteiger partial charge in [-0.2, -0.15) is 0 Å². The van der Waals surface area contributed by atoms with Crippen molar-refractivity contribution in [1.29, 1.82) is 0 Å². The van der Waals surface area contributed by atoms with Gasteiger partial charge in [0.25, 0.3) is 0 Å². The number of aromatic nitrogens is 2. The van der Waals surface area contributed by atoms with Crippen LogP contribution in [0.1, 0.15) is 11.1 Å². The molecule has 1 aromatic carbocycles. The average molecular weight is 235 g/mol. The Balaban J connectivity index is 2.62. The van der Waals surface area contributed by atoms with Crippen molar-refractivity contribution in [2.75, 3.05) is 0 Å². The maximum atomic E-state index is 9.36. The molecule has 2 aromatic rings. The Hall–Kier alpha value is -1.45. The van der Waals surface area contributed by atoms with Crippen LogP contribution in [0.15, 0.2) is 30.3 Å². The predicted molar refractivity (Wildman–Crippen MR) is 63.1 cm³/mol. The minimum Gasteiger partial charge on any atom is -0.392 e. The minimum absolute atomic E-state index is 0.0920. The molecule has 3 nitrogen and oxygen atoms in total. The molecule has 16 heavy (non-hydrogen) atoms. The number of aliphatic hydroxyl groups excluding tert-OH is 1. The van der Waals surface area contributed by atoms with Crippen LogP contribution in [-0.2, 0) is 6.61 Å². The second-order valence-electron chi connectivity index (χ2n) is 3.47. The molecule has 0 aliphatic carbocycles. The highest BCUT2D eigenvalue weighted by atomic mass is 35.5. The molecule has 2 rings (SSSR count). The van der Waals surface area contributed by atoms with Crippen LogP contribution in [0.25, 0.3) is 11.3 Å². The van der Waals surface area contributed by atoms with Crippen molar-refractivity contribution in [2.45, 2.75) is 13.5 Å². The zero-order chi connectivity index (χ0) is 11.5. The maximum absolute atomic E-state index is 9.36. The number of aliphatic hydroxyl groups is 1. The van der Waals surface area contributed by atoms with Gasteiger partial charge >= 0.3 is 0 Å². The van der Waals surface area contributed by atoms with Gasteiger partial charge in [0.05, 0.1) is 12.3 Å². The Morgan fingerprint density at radius 3 is 2.50 bits per heavy atom. The topological polar surface area (TPSA) is 46.0 Å². The zero-order valence-electron chi connectivity index (χ0n) is 8.81. The average Bonchev–Trinajstić information content (AvgIpc) is 2.33. The van der Waals surface area contributed by atoms with E-state index in [2.05, 4.69) is 10.2 Å². The molecule has 0 amide bonds. The molecule has 0 spiro atoms. The first-order valence-electron chi connectivity index (χ1n) is 4.92. The van der Waals surface area contributed by atoms with Crippen LogP contribution in [-0.4, -0.2) is 15.3 Å². The quantitative estimate of drug-likeness (QED) is 0.869. The molecule has 1 heterocycles. The second kappa shape index (κ2) is 4.60. The fourth-order valence-electron chi connectivity index (χ4n) is 1.55. The van der Waals surface area contributed by atoms with Crippen LogP contribution in [0.5, 0.6) is 0 Å². The highest BCUT2D eigenvalue weighted by molar-refractivity contribution is 6.30. The third-order valence-corrected chi connectivity index (χ3v) is 2.85. The SMILES string of the molecule is Cc1c(Cl)nnc(-c2ccccc2)c1CO. The molecular formula is C12H11ClN2O. The lowest BCUT2D eigenvalue weighted by Gasteiger charge is -2.09. The van der Waals surface area contributed by atoms with E-state index in [-0.39, 0.29) is 6.61 Å². The van der Waals surface area contributed by atoms with Gasteiger partial charge in [-0.15, -0.1) is 10.2 Å². The second-order valence-corrected chi connectivity index (χ2v) is 3.83. The van der Waals surface area contributed by atoms with Crippen LogP contribution in [0.2, 0.25) is 5.15 Å². The lowest BCUT2D eigenvalue weighted by molar-refractivity contribution is 0.281. The summed E-state index contributed by atoms with van der Waals surface area (Å²) in [7, 11) is 0. The molecule has 1 N–H and O–H groups in total. The van der Waals surface area contributed by atoms with Crippen molar-refractivity contribution in [1.82, 2.24) is 10.2 Å². The number of benzene rings is 1. The van der Waals surface area contributed by atoms with Crippen LogP contribution < -0.4 is 0 Å². The van der Waals surface area contributed by atoms with E-state index in [0.717, 1.165) is 16.7 Å². The smallest absolute Gasteiger partial charge is 0.155 e. The van der Waals surface area contributed by atoms with Gasteiger partial charge in [0.15, 0.2) is 5.15 Å². The molecule has 0 atom stereocenters. The number of hydrogen-bond donors (Lipinski definition) is 1. The first kappa shape index (κ1) is 11.0. The summed E-state index contributed by atoms with van der Waals surface area (Å²) in [4.78, 5) is 0. The summed E-state index contributed by atoms with van der Waals surface area (Å²) < 4.78 is 0. The fourth-order valence-corrected chi connectivity index (χ4v) is 1.70. The highest BCUT2D eigenvalue weighted by Gasteiger charge is 2.12. The lowest BCUT2D eigenvalue weighted by Crippen LogP contribution is -2.00. The molecule has 0 bridgehead atoms. The van der Waals surface area contributed by atoms with E-state index in [1.54, 1.807) is 0 Å². The summed E-state index contributed by atoms with van der Waals surface area (Å²) in [5.41, 5.74) is 3.12. The van der Waals surface area contributed by atoms with Crippen LogP contribution in [0.4, 0.5) is 0 Å². The Morgan fingerprint density at radius 2 is 1.88 bits per heavy atom. The predicted octanol–water partition coefficient (Wildman–Crippen LogP) is 2.60. The van der Waals surface area contributed by atoms with Crippen molar-refractivity contribution in [3.05, 3.63) is 46.6 Å². The number of nitrogens with zero attached hydrogens (tertiary/aromatic N) is 2. The van der Waals surface area contributed by atoms with E-state index in [9.17, 15) is 5.11 Å². The number of rotatable bonds is 2. The van der Waals surface area contributed by atoms with Gasteiger partial charge in [0, 0.05) is 11.1 Å². The molecule has 0 aliphatic heterocycles. The molecule has 0 radical (unpaired) electrons. The molecule has 0 fully saturated rings. The van der Waals surface area contributed by atoms with Crippen molar-refractivity contribution in [2.24, 2.45) is 0 Å². The molecule has 4 heteroatoms. The Labute approximate surface area is 98.7 Å². The largest absolute Gasteiger partial charge is 0.392 e. The molecular weight excluding hydrogens is 224 g/mol. The normalized spacial score (nSPS) is 10.4.